The van der Waals surface area contributed by atoms with Crippen LogP contribution < -0.4 is 5.32 Å². The molecule has 0 saturated carbocycles. The molecule has 2 radical (unpaired) electrons. The summed E-state index contributed by atoms with van der Waals surface area (Å²) in [5.41, 5.74) is 2.03. The first-order valence-corrected chi connectivity index (χ1v) is 4.13. The molecule has 1 atom stereocenters. The fourth-order valence-corrected chi connectivity index (χ4v) is 1.62. The molecule has 0 amide bonds. The van der Waals surface area contributed by atoms with Gasteiger partial charge in [-0.05, 0) is 11.1 Å². The highest BCUT2D eigenvalue weighted by Crippen LogP contribution is 2.29. The summed E-state index contributed by atoms with van der Waals surface area (Å²) in [5.74, 6) is 0. The third-order valence-corrected chi connectivity index (χ3v) is 2.26. The van der Waals surface area contributed by atoms with E-state index >= 15 is 0 Å². The second-order valence-electron chi connectivity index (χ2n) is 3.03. The fourth-order valence-electron chi connectivity index (χ4n) is 1.62. The van der Waals surface area contributed by atoms with Crippen LogP contribution in [0.5, 0.6) is 0 Å². The van der Waals surface area contributed by atoms with Crippen molar-refractivity contribution in [3.05, 3.63) is 41.5 Å². The van der Waals surface area contributed by atoms with Crippen LogP contribution in [0.2, 0.25) is 0 Å². The number of benzene rings is 1. The van der Waals surface area contributed by atoms with Crippen molar-refractivity contribution in [2.45, 2.75) is 12.6 Å². The number of fused-ring (bicyclic) bond motifs is 1. The Bertz CT molecular complexity index is 324. The third-order valence-electron chi connectivity index (χ3n) is 2.26. The predicted molar refractivity (Wildman–Crippen MR) is 46.0 cm³/mol. The second-order valence-corrected chi connectivity index (χ2v) is 3.03. The Morgan fingerprint density at radius 1 is 1.46 bits per heavy atom. The molecule has 1 aromatic carbocycles. The van der Waals surface area contributed by atoms with Crippen molar-refractivity contribution in [1.29, 1.82) is 0 Å². The topological polar surface area (TPSA) is 49.0 Å². The molecule has 1 unspecified atom stereocenters. The summed E-state index contributed by atoms with van der Waals surface area (Å²) in [5, 5.41) is 14.1. The molecule has 3 nitrogen and oxygen atoms in total. The molecule has 1 aliphatic heterocycles. The quantitative estimate of drug-likeness (QED) is 0.681. The first-order valence-electron chi connectivity index (χ1n) is 4.13. The van der Waals surface area contributed by atoms with Crippen LogP contribution in [0.25, 0.3) is 0 Å². The summed E-state index contributed by atoms with van der Waals surface area (Å²) in [6, 6.07) is 7.21. The van der Waals surface area contributed by atoms with Crippen LogP contribution in [0.4, 0.5) is 0 Å². The smallest absolute Gasteiger partial charge is 0.218 e. The maximum Gasteiger partial charge on any atom is 0.218 e. The summed E-state index contributed by atoms with van der Waals surface area (Å²) in [7, 11) is 0. The van der Waals surface area contributed by atoms with Gasteiger partial charge < -0.3 is 5.32 Å². The van der Waals surface area contributed by atoms with Crippen LogP contribution in [-0.2, 0) is 16.4 Å². The van der Waals surface area contributed by atoms with E-state index in [-0.39, 0.29) is 0 Å². The molecule has 3 heteroatoms. The molecular weight excluding hydrogens is 166 g/mol. The van der Waals surface area contributed by atoms with Crippen LogP contribution >= 0.6 is 0 Å². The zero-order valence-electron chi connectivity index (χ0n) is 6.99. The molecule has 1 N–H and O–H groups in total. The molecule has 1 aliphatic rings. The molecule has 1 heterocycles. The fraction of sp³-hybridized carbons (Fsp3) is 0.200. The highest BCUT2D eigenvalue weighted by Gasteiger charge is 2.29. The molecule has 0 spiro atoms. The monoisotopic (exact) mass is 175 g/mol. The average Bonchev–Trinajstić information content (AvgIpc) is 2.60. The van der Waals surface area contributed by atoms with Crippen molar-refractivity contribution in [3.8, 4) is 0 Å². The number of nitrogens with one attached hydrogen (secondary N) is 1. The predicted octanol–water partition coefficient (Wildman–Crippen LogP) is 0.992. The van der Waals surface area contributed by atoms with E-state index in [2.05, 4.69) is 5.32 Å². The second kappa shape index (κ2) is 3.28. The van der Waals surface area contributed by atoms with E-state index in [1.807, 2.05) is 24.3 Å². The van der Waals surface area contributed by atoms with Crippen molar-refractivity contribution in [3.63, 3.8) is 0 Å². The van der Waals surface area contributed by atoms with Gasteiger partial charge in [0.25, 0.3) is 0 Å². The zero-order chi connectivity index (χ0) is 9.26. The van der Waals surface area contributed by atoms with E-state index in [9.17, 15) is 9.90 Å². The Labute approximate surface area is 76.4 Å². The van der Waals surface area contributed by atoms with Gasteiger partial charge in [0.1, 0.15) is 0 Å². The molecule has 0 aliphatic carbocycles. The van der Waals surface area contributed by atoms with Crippen molar-refractivity contribution in [1.82, 2.24) is 5.32 Å². The van der Waals surface area contributed by atoms with Crippen molar-refractivity contribution in [2.24, 2.45) is 0 Å². The van der Waals surface area contributed by atoms with E-state index < -0.39 is 12.1 Å². The Kier molecular flexibility index (Phi) is 2.12. The van der Waals surface area contributed by atoms with Gasteiger partial charge in [0.15, 0.2) is 6.29 Å². The number of carbonyl (C=O) groups is 1. The Morgan fingerprint density at radius 3 is 3.00 bits per heavy atom. The Balaban J connectivity index is 2.33. The number of hydrogen-bond acceptors (Lipinski definition) is 2. The van der Waals surface area contributed by atoms with Crippen LogP contribution in [0, 0.1) is 6.10 Å². The number of carbonyl (C=O) groups excluding carboxylic acids is 1. The number of rotatable bonds is 2. The minimum absolute atomic E-state index is 0.375. The first kappa shape index (κ1) is 8.41. The summed E-state index contributed by atoms with van der Waals surface area (Å²) in [6.07, 6.45) is -0.0234. The standard InChI is InChI=1S/C10H9NO2/c12-6-9(13)10-8-4-2-1-3-7(8)5-11-10/h1-4,6,10-11H,5H2. The van der Waals surface area contributed by atoms with Crippen molar-refractivity contribution >= 4 is 6.29 Å². The zero-order valence-corrected chi connectivity index (χ0v) is 6.99. The van der Waals surface area contributed by atoms with Crippen LogP contribution in [0.15, 0.2) is 24.3 Å². The highest BCUT2D eigenvalue weighted by atomic mass is 16.3. The summed E-state index contributed by atoms with van der Waals surface area (Å²) >= 11 is 0. The molecular formula is C10H9NO2. The van der Waals surface area contributed by atoms with Gasteiger partial charge in [-0.15, -0.1) is 0 Å². The summed E-state index contributed by atoms with van der Waals surface area (Å²) in [4.78, 5) is 10.3. The number of aldehydes is 1. The van der Waals surface area contributed by atoms with E-state index in [0.717, 1.165) is 11.1 Å². The van der Waals surface area contributed by atoms with Gasteiger partial charge >= 0.3 is 0 Å². The number of hydrogen-bond donors (Lipinski definition) is 1. The van der Waals surface area contributed by atoms with Gasteiger partial charge in [-0.1, -0.05) is 24.3 Å². The molecule has 2 rings (SSSR count). The lowest BCUT2D eigenvalue weighted by Crippen LogP contribution is -2.20. The van der Waals surface area contributed by atoms with Gasteiger partial charge in [0, 0.05) is 6.54 Å². The minimum Gasteiger partial charge on any atom is -0.303 e. The lowest BCUT2D eigenvalue weighted by molar-refractivity contribution is -0.112. The van der Waals surface area contributed by atoms with Crippen LogP contribution in [0.1, 0.15) is 17.2 Å². The summed E-state index contributed by atoms with van der Waals surface area (Å²) < 4.78 is 0. The van der Waals surface area contributed by atoms with Gasteiger partial charge in [-0.2, -0.15) is 0 Å². The first-order chi connectivity index (χ1) is 6.33. The molecule has 0 saturated heterocycles. The minimum atomic E-state index is -0.423. The largest absolute Gasteiger partial charge is 0.303 e. The average molecular weight is 175 g/mol. The van der Waals surface area contributed by atoms with Crippen molar-refractivity contribution in [2.75, 3.05) is 0 Å². The lowest BCUT2D eigenvalue weighted by atomic mass is 10.0. The van der Waals surface area contributed by atoms with Crippen LogP contribution in [-0.4, -0.2) is 6.29 Å². The molecule has 66 valence electrons. The normalized spacial score (nSPS) is 20.3. The van der Waals surface area contributed by atoms with Gasteiger partial charge in [-0.25, -0.2) is 5.11 Å². The van der Waals surface area contributed by atoms with E-state index in [1.165, 1.54) is 0 Å². The van der Waals surface area contributed by atoms with E-state index in [0.29, 0.717) is 12.8 Å². The molecule has 1 aromatic rings. The highest BCUT2D eigenvalue weighted by molar-refractivity contribution is 5.68. The van der Waals surface area contributed by atoms with E-state index in [4.69, 9.17) is 0 Å². The maximum absolute atomic E-state index is 11.1. The maximum atomic E-state index is 11.1. The van der Waals surface area contributed by atoms with Crippen molar-refractivity contribution < 1.29 is 9.90 Å². The lowest BCUT2D eigenvalue weighted by Gasteiger charge is -2.10. The van der Waals surface area contributed by atoms with Gasteiger partial charge in [-0.3, -0.25) is 4.79 Å². The molecule has 0 aromatic heterocycles. The third kappa shape index (κ3) is 1.36. The van der Waals surface area contributed by atoms with E-state index in [1.54, 1.807) is 0 Å². The summed E-state index contributed by atoms with van der Waals surface area (Å²) in [6.45, 7) is 0.667. The van der Waals surface area contributed by atoms with Gasteiger partial charge in [0.2, 0.25) is 6.10 Å². The molecule has 0 bridgehead atoms. The van der Waals surface area contributed by atoms with Crippen LogP contribution in [0.3, 0.4) is 0 Å². The Morgan fingerprint density at radius 2 is 2.23 bits per heavy atom. The Hall–Kier alpha value is -1.19. The SMILES string of the molecule is [O][C](C=O)C1NCc2ccccc21. The molecule has 0 fully saturated rings. The van der Waals surface area contributed by atoms with Gasteiger partial charge in [0.05, 0.1) is 6.04 Å². The molecule has 13 heavy (non-hydrogen) atoms.